The molecule has 4 heteroatoms. The molecule has 3 rings (SSSR count). The van der Waals surface area contributed by atoms with Gasteiger partial charge in [0.15, 0.2) is 0 Å². The summed E-state index contributed by atoms with van der Waals surface area (Å²) in [5, 5.41) is 4.48. The summed E-state index contributed by atoms with van der Waals surface area (Å²) in [7, 11) is 0. The van der Waals surface area contributed by atoms with Crippen LogP contribution in [0.25, 0.3) is 0 Å². The van der Waals surface area contributed by atoms with Crippen LogP contribution in [-0.4, -0.2) is 34.3 Å². The fourth-order valence-corrected chi connectivity index (χ4v) is 4.24. The summed E-state index contributed by atoms with van der Waals surface area (Å²) in [5.74, 6) is 0. The highest BCUT2D eigenvalue weighted by Crippen LogP contribution is 2.47. The van der Waals surface area contributed by atoms with Crippen LogP contribution < -0.4 is 5.73 Å². The number of hydrogen-bond donors (Lipinski definition) is 1. The number of nitrogens with zero attached hydrogens (tertiary/aromatic N) is 3. The number of hydrogen-bond acceptors (Lipinski definition) is 3. The molecule has 2 heterocycles. The molecule has 1 unspecified atom stereocenters. The lowest BCUT2D eigenvalue weighted by Gasteiger charge is -2.42. The van der Waals surface area contributed by atoms with Gasteiger partial charge >= 0.3 is 0 Å². The van der Waals surface area contributed by atoms with Gasteiger partial charge in [0.25, 0.3) is 0 Å². The lowest BCUT2D eigenvalue weighted by molar-refractivity contribution is 0.0780. The first-order valence-corrected chi connectivity index (χ1v) is 8.62. The summed E-state index contributed by atoms with van der Waals surface area (Å²) >= 11 is 0. The zero-order valence-electron chi connectivity index (χ0n) is 13.6. The van der Waals surface area contributed by atoms with Gasteiger partial charge in [-0.2, -0.15) is 5.10 Å². The van der Waals surface area contributed by atoms with Gasteiger partial charge in [0, 0.05) is 24.3 Å². The SMILES string of the molecule is CC(C)n1cc(C(CN)N2CCC3(CCCC3)CC2)cn1. The van der Waals surface area contributed by atoms with Crippen LogP contribution in [0.4, 0.5) is 0 Å². The van der Waals surface area contributed by atoms with Crippen molar-refractivity contribution < 1.29 is 0 Å². The minimum absolute atomic E-state index is 0.344. The molecule has 2 N–H and O–H groups in total. The van der Waals surface area contributed by atoms with Crippen LogP contribution in [-0.2, 0) is 0 Å². The van der Waals surface area contributed by atoms with E-state index in [1.807, 2.05) is 10.9 Å². The van der Waals surface area contributed by atoms with Gasteiger partial charge in [0.05, 0.1) is 12.2 Å². The summed E-state index contributed by atoms with van der Waals surface area (Å²) in [5.41, 5.74) is 8.05. The van der Waals surface area contributed by atoms with E-state index in [0.717, 1.165) is 0 Å². The molecule has 2 aliphatic rings. The molecule has 1 saturated heterocycles. The Hall–Kier alpha value is -0.870. The molecule has 2 fully saturated rings. The third-order valence-corrected chi connectivity index (χ3v) is 5.72. The van der Waals surface area contributed by atoms with Gasteiger partial charge in [-0.05, 0) is 58.0 Å². The molecule has 1 aliphatic carbocycles. The van der Waals surface area contributed by atoms with Crippen molar-refractivity contribution in [3.63, 3.8) is 0 Å². The van der Waals surface area contributed by atoms with Crippen LogP contribution in [0.2, 0.25) is 0 Å². The molecule has 1 aromatic heterocycles. The monoisotopic (exact) mass is 290 g/mol. The largest absolute Gasteiger partial charge is 0.329 e. The van der Waals surface area contributed by atoms with Gasteiger partial charge in [-0.3, -0.25) is 9.58 Å². The highest BCUT2D eigenvalue weighted by Gasteiger charge is 2.38. The van der Waals surface area contributed by atoms with Crippen molar-refractivity contribution in [1.29, 1.82) is 0 Å². The molecule has 21 heavy (non-hydrogen) atoms. The van der Waals surface area contributed by atoms with E-state index in [1.54, 1.807) is 0 Å². The molecule has 0 aromatic carbocycles. The van der Waals surface area contributed by atoms with Crippen molar-refractivity contribution in [2.45, 2.75) is 64.5 Å². The van der Waals surface area contributed by atoms with E-state index in [2.05, 4.69) is 30.0 Å². The molecule has 1 aromatic rings. The minimum atomic E-state index is 0.344. The van der Waals surface area contributed by atoms with Crippen LogP contribution in [0.5, 0.6) is 0 Å². The normalized spacial score (nSPS) is 24.0. The summed E-state index contributed by atoms with van der Waals surface area (Å²) in [6.07, 6.45) is 12.7. The molecule has 1 atom stereocenters. The molecule has 4 nitrogen and oxygen atoms in total. The molecular formula is C17H30N4. The lowest BCUT2D eigenvalue weighted by Crippen LogP contribution is -2.43. The maximum absolute atomic E-state index is 6.09. The van der Waals surface area contributed by atoms with Crippen molar-refractivity contribution in [1.82, 2.24) is 14.7 Å². The predicted octanol–water partition coefficient (Wildman–Crippen LogP) is 3.12. The molecule has 0 radical (unpaired) electrons. The van der Waals surface area contributed by atoms with Gasteiger partial charge in [0.1, 0.15) is 0 Å². The van der Waals surface area contributed by atoms with E-state index in [9.17, 15) is 0 Å². The van der Waals surface area contributed by atoms with E-state index in [-0.39, 0.29) is 0 Å². The summed E-state index contributed by atoms with van der Waals surface area (Å²) in [6, 6.07) is 0.761. The Morgan fingerprint density at radius 3 is 2.38 bits per heavy atom. The second-order valence-corrected chi connectivity index (χ2v) is 7.34. The standard InChI is InChI=1S/C17H30N4/c1-14(2)21-13-15(12-19-21)16(11-18)20-9-7-17(8-10-20)5-3-4-6-17/h12-14,16H,3-11,18H2,1-2H3. The fraction of sp³-hybridized carbons (Fsp3) is 0.824. The molecule has 118 valence electrons. The topological polar surface area (TPSA) is 47.1 Å². The third-order valence-electron chi connectivity index (χ3n) is 5.72. The third kappa shape index (κ3) is 3.02. The van der Waals surface area contributed by atoms with Crippen LogP contribution in [0.15, 0.2) is 12.4 Å². The van der Waals surface area contributed by atoms with E-state index in [1.165, 1.54) is 57.2 Å². The van der Waals surface area contributed by atoms with Gasteiger partial charge in [-0.25, -0.2) is 0 Å². The van der Waals surface area contributed by atoms with Crippen molar-refractivity contribution in [2.75, 3.05) is 19.6 Å². The van der Waals surface area contributed by atoms with Crippen molar-refractivity contribution >= 4 is 0 Å². The van der Waals surface area contributed by atoms with E-state index >= 15 is 0 Å². The molecule has 1 saturated carbocycles. The number of piperidine rings is 1. The maximum Gasteiger partial charge on any atom is 0.0538 e. The van der Waals surface area contributed by atoms with Crippen molar-refractivity contribution in [2.24, 2.45) is 11.1 Å². The van der Waals surface area contributed by atoms with Crippen LogP contribution in [0.3, 0.4) is 0 Å². The average molecular weight is 290 g/mol. The molecular weight excluding hydrogens is 260 g/mol. The highest BCUT2D eigenvalue weighted by molar-refractivity contribution is 5.12. The number of rotatable bonds is 4. The first-order valence-electron chi connectivity index (χ1n) is 8.62. The van der Waals surface area contributed by atoms with Gasteiger partial charge in [-0.1, -0.05) is 12.8 Å². The molecule has 0 bridgehead atoms. The van der Waals surface area contributed by atoms with Crippen molar-refractivity contribution in [3.8, 4) is 0 Å². The lowest BCUT2D eigenvalue weighted by atomic mass is 9.76. The Morgan fingerprint density at radius 1 is 1.19 bits per heavy atom. The number of aromatic nitrogens is 2. The first kappa shape index (κ1) is 15.0. The quantitative estimate of drug-likeness (QED) is 0.927. The summed E-state index contributed by atoms with van der Waals surface area (Å²) in [6.45, 7) is 7.43. The number of nitrogens with two attached hydrogens (primary N) is 1. The summed E-state index contributed by atoms with van der Waals surface area (Å²) in [4.78, 5) is 2.59. The van der Waals surface area contributed by atoms with Crippen LogP contribution in [0.1, 0.15) is 70.0 Å². The highest BCUT2D eigenvalue weighted by atomic mass is 15.3. The molecule has 1 spiro atoms. The van der Waals surface area contributed by atoms with E-state index in [0.29, 0.717) is 24.0 Å². The van der Waals surface area contributed by atoms with Gasteiger partial charge in [0.2, 0.25) is 0 Å². The first-order chi connectivity index (χ1) is 10.1. The van der Waals surface area contributed by atoms with E-state index in [4.69, 9.17) is 5.73 Å². The Labute approximate surface area is 128 Å². The Kier molecular flexibility index (Phi) is 4.36. The van der Waals surface area contributed by atoms with Crippen LogP contribution in [0, 0.1) is 5.41 Å². The Balaban J connectivity index is 1.66. The molecule has 0 amide bonds. The molecule has 1 aliphatic heterocycles. The zero-order valence-corrected chi connectivity index (χ0v) is 13.6. The van der Waals surface area contributed by atoms with Crippen molar-refractivity contribution in [3.05, 3.63) is 18.0 Å². The maximum atomic E-state index is 6.09. The average Bonchev–Trinajstić information content (AvgIpc) is 3.12. The second kappa shape index (κ2) is 6.09. The zero-order chi connectivity index (χ0) is 14.9. The van der Waals surface area contributed by atoms with Gasteiger partial charge < -0.3 is 5.73 Å². The van der Waals surface area contributed by atoms with Crippen LogP contribution >= 0.6 is 0 Å². The van der Waals surface area contributed by atoms with E-state index < -0.39 is 0 Å². The minimum Gasteiger partial charge on any atom is -0.329 e. The Bertz CT molecular complexity index is 449. The fourth-order valence-electron chi connectivity index (χ4n) is 4.24. The second-order valence-electron chi connectivity index (χ2n) is 7.34. The van der Waals surface area contributed by atoms with Gasteiger partial charge in [-0.15, -0.1) is 0 Å². The smallest absolute Gasteiger partial charge is 0.0538 e. The number of likely N-dealkylation sites (tertiary alicyclic amines) is 1. The Morgan fingerprint density at radius 2 is 1.86 bits per heavy atom. The summed E-state index contributed by atoms with van der Waals surface area (Å²) < 4.78 is 2.04. The predicted molar refractivity (Wildman–Crippen MR) is 86.1 cm³/mol.